The number of amides is 1. The minimum absolute atomic E-state index is 0.126. The number of carbonyl (C=O) groups excluding carboxylic acids is 1. The number of hydrogen-bond acceptors (Lipinski definition) is 8. The summed E-state index contributed by atoms with van der Waals surface area (Å²) in [5, 5.41) is 20.7. The van der Waals surface area contributed by atoms with E-state index in [4.69, 9.17) is 14.7 Å². The predicted octanol–water partition coefficient (Wildman–Crippen LogP) is 3.80. The van der Waals surface area contributed by atoms with Crippen molar-refractivity contribution in [2.24, 2.45) is 0 Å². The highest BCUT2D eigenvalue weighted by atomic mass is 16.5. The molecule has 1 N–H and O–H groups in total. The average Bonchev–Trinajstić information content (AvgIpc) is 2.99. The van der Waals surface area contributed by atoms with Gasteiger partial charge < -0.3 is 19.7 Å². The van der Waals surface area contributed by atoms with Crippen LogP contribution in [0.25, 0.3) is 0 Å². The third-order valence-corrected chi connectivity index (χ3v) is 7.42. The van der Waals surface area contributed by atoms with Gasteiger partial charge in [0.05, 0.1) is 18.7 Å². The number of ether oxygens (including phenoxy) is 2. The standard InChI is InChI=1S/C30H34N6O3/c1-38-25-6-8-26(9-7-25)39-27-14-18-36(19-15-27)29-11-10-28(33-34-29)30(37)32-24-12-16-35(17-13-24)21-23-4-2-22(20-31)3-5-23/h2-11,24,27H,12-19,21H2,1H3,(H,32,37). The summed E-state index contributed by atoms with van der Waals surface area (Å²) in [7, 11) is 1.65. The minimum Gasteiger partial charge on any atom is -0.497 e. The number of aromatic nitrogens is 2. The zero-order valence-corrected chi connectivity index (χ0v) is 22.3. The molecule has 0 aliphatic carbocycles. The number of nitrogens with one attached hydrogen (secondary N) is 1. The summed E-state index contributed by atoms with van der Waals surface area (Å²) in [6.45, 7) is 4.32. The molecule has 3 heterocycles. The maximum absolute atomic E-state index is 12.8. The summed E-state index contributed by atoms with van der Waals surface area (Å²) < 4.78 is 11.3. The number of anilines is 1. The molecule has 3 aromatic rings. The third-order valence-electron chi connectivity index (χ3n) is 7.42. The fourth-order valence-electron chi connectivity index (χ4n) is 5.10. The van der Waals surface area contributed by atoms with Crippen LogP contribution in [0.1, 0.15) is 47.3 Å². The second kappa shape index (κ2) is 12.6. The highest BCUT2D eigenvalue weighted by Crippen LogP contribution is 2.24. The molecule has 0 unspecified atom stereocenters. The molecule has 2 aromatic carbocycles. The van der Waals surface area contributed by atoms with E-state index in [1.165, 1.54) is 5.56 Å². The van der Waals surface area contributed by atoms with Crippen molar-refractivity contribution in [2.45, 2.75) is 44.4 Å². The summed E-state index contributed by atoms with van der Waals surface area (Å²) in [6, 6.07) is 21.3. The average molecular weight is 527 g/mol. The Labute approximate surface area is 229 Å². The lowest BCUT2D eigenvalue weighted by molar-refractivity contribution is 0.0903. The van der Waals surface area contributed by atoms with Gasteiger partial charge >= 0.3 is 0 Å². The molecular formula is C30H34N6O3. The Balaban J connectivity index is 1.04. The van der Waals surface area contributed by atoms with E-state index in [0.717, 1.165) is 75.7 Å². The predicted molar refractivity (Wildman–Crippen MR) is 148 cm³/mol. The molecule has 0 spiro atoms. The fourth-order valence-corrected chi connectivity index (χ4v) is 5.10. The quantitative estimate of drug-likeness (QED) is 0.473. The molecule has 1 amide bonds. The van der Waals surface area contributed by atoms with Crippen molar-refractivity contribution in [1.29, 1.82) is 5.26 Å². The maximum Gasteiger partial charge on any atom is 0.272 e. The SMILES string of the molecule is COc1ccc(OC2CCN(c3ccc(C(=O)NC4CCN(Cc5ccc(C#N)cc5)CC4)nn3)CC2)cc1. The zero-order chi connectivity index (χ0) is 27.0. The molecule has 9 heteroatoms. The Morgan fingerprint density at radius 2 is 1.62 bits per heavy atom. The first-order valence-electron chi connectivity index (χ1n) is 13.5. The van der Waals surface area contributed by atoms with Crippen LogP contribution in [0.3, 0.4) is 0 Å². The molecular weight excluding hydrogens is 492 g/mol. The second-order valence-electron chi connectivity index (χ2n) is 10.1. The number of nitrogens with zero attached hydrogens (tertiary/aromatic N) is 5. The molecule has 2 aliphatic rings. The van der Waals surface area contributed by atoms with Crippen molar-refractivity contribution in [1.82, 2.24) is 20.4 Å². The summed E-state index contributed by atoms with van der Waals surface area (Å²) in [5.41, 5.74) is 2.22. The van der Waals surface area contributed by atoms with E-state index >= 15 is 0 Å². The summed E-state index contributed by atoms with van der Waals surface area (Å²) in [5.74, 6) is 2.27. The minimum atomic E-state index is -0.175. The number of benzene rings is 2. The number of likely N-dealkylation sites (tertiary alicyclic amines) is 1. The number of methoxy groups -OCH3 is 1. The molecule has 0 saturated carbocycles. The first-order valence-corrected chi connectivity index (χ1v) is 13.5. The molecule has 39 heavy (non-hydrogen) atoms. The largest absolute Gasteiger partial charge is 0.497 e. The van der Waals surface area contributed by atoms with Gasteiger partial charge in [0.2, 0.25) is 0 Å². The van der Waals surface area contributed by atoms with Crippen LogP contribution in [-0.2, 0) is 6.54 Å². The summed E-state index contributed by atoms with van der Waals surface area (Å²) in [6.07, 6.45) is 3.71. The summed E-state index contributed by atoms with van der Waals surface area (Å²) in [4.78, 5) is 17.4. The van der Waals surface area contributed by atoms with E-state index in [2.05, 4.69) is 31.4 Å². The van der Waals surface area contributed by atoms with Crippen LogP contribution in [-0.4, -0.2) is 66.4 Å². The smallest absolute Gasteiger partial charge is 0.272 e. The number of hydrogen-bond donors (Lipinski definition) is 1. The van der Waals surface area contributed by atoms with E-state index in [1.54, 1.807) is 13.2 Å². The van der Waals surface area contributed by atoms with E-state index in [0.29, 0.717) is 11.3 Å². The van der Waals surface area contributed by atoms with Gasteiger partial charge in [0.15, 0.2) is 11.5 Å². The lowest BCUT2D eigenvalue weighted by Gasteiger charge is -2.33. The van der Waals surface area contributed by atoms with Gasteiger partial charge in [0, 0.05) is 51.6 Å². The Morgan fingerprint density at radius 3 is 2.23 bits per heavy atom. The van der Waals surface area contributed by atoms with Crippen molar-refractivity contribution in [3.63, 3.8) is 0 Å². The maximum atomic E-state index is 12.8. The van der Waals surface area contributed by atoms with Gasteiger partial charge in [0.25, 0.3) is 5.91 Å². The Bertz CT molecular complexity index is 1260. The van der Waals surface area contributed by atoms with Gasteiger partial charge in [-0.1, -0.05) is 12.1 Å². The van der Waals surface area contributed by atoms with Gasteiger partial charge in [-0.2, -0.15) is 5.26 Å². The highest BCUT2D eigenvalue weighted by molar-refractivity contribution is 5.92. The summed E-state index contributed by atoms with van der Waals surface area (Å²) >= 11 is 0. The van der Waals surface area contributed by atoms with Crippen LogP contribution in [0, 0.1) is 11.3 Å². The van der Waals surface area contributed by atoms with Crippen molar-refractivity contribution in [3.05, 3.63) is 77.5 Å². The molecule has 5 rings (SSSR count). The van der Waals surface area contributed by atoms with Gasteiger partial charge in [-0.05, 0) is 66.9 Å². The number of nitriles is 1. The Morgan fingerprint density at radius 1 is 0.923 bits per heavy atom. The molecule has 0 bridgehead atoms. The lowest BCUT2D eigenvalue weighted by atomic mass is 10.0. The lowest BCUT2D eigenvalue weighted by Crippen LogP contribution is -2.44. The zero-order valence-electron chi connectivity index (χ0n) is 22.3. The van der Waals surface area contributed by atoms with Crippen LogP contribution in [0.4, 0.5) is 5.82 Å². The molecule has 1 aromatic heterocycles. The highest BCUT2D eigenvalue weighted by Gasteiger charge is 2.24. The van der Waals surface area contributed by atoms with Crippen molar-refractivity contribution in [2.75, 3.05) is 38.2 Å². The van der Waals surface area contributed by atoms with Crippen LogP contribution in [0.2, 0.25) is 0 Å². The fraction of sp³-hybridized carbons (Fsp3) is 0.400. The van der Waals surface area contributed by atoms with Crippen LogP contribution < -0.4 is 19.7 Å². The van der Waals surface area contributed by atoms with Gasteiger partial charge in [-0.25, -0.2) is 0 Å². The van der Waals surface area contributed by atoms with Gasteiger partial charge in [-0.3, -0.25) is 9.69 Å². The van der Waals surface area contributed by atoms with E-state index in [9.17, 15) is 4.79 Å². The normalized spacial score (nSPS) is 16.9. The Kier molecular flexibility index (Phi) is 8.54. The number of piperidine rings is 2. The van der Waals surface area contributed by atoms with E-state index < -0.39 is 0 Å². The van der Waals surface area contributed by atoms with Crippen molar-refractivity contribution < 1.29 is 14.3 Å². The number of rotatable bonds is 8. The molecule has 2 fully saturated rings. The van der Waals surface area contributed by atoms with Crippen molar-refractivity contribution in [3.8, 4) is 17.6 Å². The van der Waals surface area contributed by atoms with Crippen LogP contribution in [0.5, 0.6) is 11.5 Å². The third kappa shape index (κ3) is 7.03. The van der Waals surface area contributed by atoms with E-state index in [1.807, 2.05) is 54.6 Å². The van der Waals surface area contributed by atoms with Gasteiger partial charge in [-0.15, -0.1) is 10.2 Å². The first-order chi connectivity index (χ1) is 19.1. The molecule has 9 nitrogen and oxygen atoms in total. The Hall–Kier alpha value is -4.16. The van der Waals surface area contributed by atoms with Crippen LogP contribution >= 0.6 is 0 Å². The molecule has 202 valence electrons. The molecule has 2 saturated heterocycles. The molecule has 2 aliphatic heterocycles. The number of carbonyl (C=O) groups is 1. The first kappa shape index (κ1) is 26.4. The van der Waals surface area contributed by atoms with Crippen LogP contribution in [0.15, 0.2) is 60.7 Å². The van der Waals surface area contributed by atoms with Gasteiger partial charge in [0.1, 0.15) is 17.6 Å². The van der Waals surface area contributed by atoms with Crippen molar-refractivity contribution >= 4 is 11.7 Å². The van der Waals surface area contributed by atoms with E-state index in [-0.39, 0.29) is 18.1 Å². The monoisotopic (exact) mass is 526 g/mol. The molecule has 0 atom stereocenters. The second-order valence-corrected chi connectivity index (χ2v) is 10.1. The molecule has 0 radical (unpaired) electrons. The topological polar surface area (TPSA) is 104 Å².